The predicted octanol–water partition coefficient (Wildman–Crippen LogP) is 3.99. The lowest BCUT2D eigenvalue weighted by Crippen LogP contribution is -2.59. The Morgan fingerprint density at radius 2 is 1.60 bits per heavy atom. The van der Waals surface area contributed by atoms with Crippen LogP contribution in [0, 0.1) is 11.8 Å². The third-order valence-electron chi connectivity index (χ3n) is 10.0. The third kappa shape index (κ3) is 4.86. The van der Waals surface area contributed by atoms with Crippen LogP contribution in [-0.4, -0.2) is 65.5 Å². The van der Waals surface area contributed by atoms with Gasteiger partial charge in [-0.3, -0.25) is 14.4 Å². The van der Waals surface area contributed by atoms with E-state index in [0.29, 0.717) is 24.3 Å². The summed E-state index contributed by atoms with van der Waals surface area (Å²) in [5.41, 5.74) is -0.328. The Hall–Kier alpha value is -3.43. The molecule has 222 valence electrons. The predicted molar refractivity (Wildman–Crippen MR) is 157 cm³/mol. The lowest BCUT2D eigenvalue weighted by atomic mass is 9.70. The van der Waals surface area contributed by atoms with E-state index in [1.165, 1.54) is 6.42 Å². The number of hydrogen-bond donors (Lipinski definition) is 3. The standard InChI is InChI=1S/C33H40N4O5/c38-30(35-22-11-13-25(14-12-22)41-24-9-5-2-6-10-24)27-26-15-18-33(42-26)28(27)32(40)37(23-16-19-34-20-17-23)29(33)31(39)36-21-7-3-1-4-8-21/h2,5-6,9-14,21,23,26-29,34H,1,3-4,7-8,15-20H2,(H,35,38)(H,36,39). The van der Waals surface area contributed by atoms with Gasteiger partial charge in [0.1, 0.15) is 23.1 Å². The second-order valence-electron chi connectivity index (χ2n) is 12.6. The second kappa shape index (κ2) is 11.3. The first-order chi connectivity index (χ1) is 20.5. The number of nitrogens with one attached hydrogen (secondary N) is 3. The summed E-state index contributed by atoms with van der Waals surface area (Å²) in [7, 11) is 0. The molecule has 2 aromatic rings. The minimum absolute atomic E-state index is 0.0376. The monoisotopic (exact) mass is 572 g/mol. The van der Waals surface area contributed by atoms with Crippen molar-refractivity contribution in [2.45, 2.75) is 87.6 Å². The molecule has 4 saturated heterocycles. The molecular formula is C33H40N4O5. The number of carbonyl (C=O) groups is 3. The van der Waals surface area contributed by atoms with Crippen molar-refractivity contribution < 1.29 is 23.9 Å². The van der Waals surface area contributed by atoms with Gasteiger partial charge in [-0.1, -0.05) is 37.5 Å². The van der Waals surface area contributed by atoms with Crippen LogP contribution in [-0.2, 0) is 19.1 Å². The number of hydrogen-bond acceptors (Lipinski definition) is 6. The molecule has 3 N–H and O–H groups in total. The Morgan fingerprint density at radius 3 is 2.33 bits per heavy atom. The van der Waals surface area contributed by atoms with Crippen LogP contribution in [0.4, 0.5) is 5.69 Å². The quantitative estimate of drug-likeness (QED) is 0.463. The molecule has 42 heavy (non-hydrogen) atoms. The molecule has 9 heteroatoms. The van der Waals surface area contributed by atoms with Crippen LogP contribution in [0.15, 0.2) is 54.6 Å². The van der Waals surface area contributed by atoms with Crippen LogP contribution in [0.25, 0.3) is 0 Å². The molecule has 9 nitrogen and oxygen atoms in total. The van der Waals surface area contributed by atoms with E-state index in [9.17, 15) is 14.4 Å². The highest BCUT2D eigenvalue weighted by molar-refractivity contribution is 6.02. The number of fused-ring (bicyclic) bond motifs is 1. The first-order valence-electron chi connectivity index (χ1n) is 15.7. The van der Waals surface area contributed by atoms with Crippen molar-refractivity contribution in [3.05, 3.63) is 54.6 Å². The van der Waals surface area contributed by atoms with Gasteiger partial charge in [-0.15, -0.1) is 0 Å². The van der Waals surface area contributed by atoms with E-state index in [1.54, 1.807) is 12.1 Å². The molecule has 5 fully saturated rings. The van der Waals surface area contributed by atoms with E-state index in [-0.39, 0.29) is 35.9 Å². The summed E-state index contributed by atoms with van der Waals surface area (Å²) < 4.78 is 12.5. The van der Waals surface area contributed by atoms with Crippen molar-refractivity contribution in [1.82, 2.24) is 15.5 Å². The molecule has 0 radical (unpaired) electrons. The maximum atomic E-state index is 14.3. The number of anilines is 1. The largest absolute Gasteiger partial charge is 0.457 e. The maximum Gasteiger partial charge on any atom is 0.246 e. The van der Waals surface area contributed by atoms with Crippen LogP contribution in [0.2, 0.25) is 0 Å². The van der Waals surface area contributed by atoms with Crippen molar-refractivity contribution in [2.75, 3.05) is 18.4 Å². The van der Waals surface area contributed by atoms with Gasteiger partial charge < -0.3 is 30.3 Å². The van der Waals surface area contributed by atoms with Gasteiger partial charge in [0.2, 0.25) is 17.7 Å². The molecule has 1 spiro atoms. The van der Waals surface area contributed by atoms with E-state index in [4.69, 9.17) is 9.47 Å². The Kier molecular flexibility index (Phi) is 7.40. The van der Waals surface area contributed by atoms with Crippen molar-refractivity contribution in [2.24, 2.45) is 11.8 Å². The number of para-hydroxylation sites is 1. The van der Waals surface area contributed by atoms with E-state index >= 15 is 0 Å². The van der Waals surface area contributed by atoms with E-state index < -0.39 is 23.5 Å². The molecule has 5 atom stereocenters. The van der Waals surface area contributed by atoms with Crippen LogP contribution >= 0.6 is 0 Å². The Morgan fingerprint density at radius 1 is 0.881 bits per heavy atom. The molecule has 3 amide bonds. The molecule has 2 aromatic carbocycles. The van der Waals surface area contributed by atoms with Gasteiger partial charge >= 0.3 is 0 Å². The first kappa shape index (κ1) is 27.4. The number of carbonyl (C=O) groups excluding carboxylic acids is 3. The molecule has 4 aliphatic heterocycles. The van der Waals surface area contributed by atoms with Crippen molar-refractivity contribution >= 4 is 23.4 Å². The lowest BCUT2D eigenvalue weighted by Gasteiger charge is -2.39. The van der Waals surface area contributed by atoms with Crippen LogP contribution in [0.5, 0.6) is 11.5 Å². The van der Waals surface area contributed by atoms with E-state index in [1.807, 2.05) is 47.4 Å². The first-order valence-corrected chi connectivity index (χ1v) is 15.7. The van der Waals surface area contributed by atoms with Gasteiger partial charge in [-0.05, 0) is 88.0 Å². The fourth-order valence-electron chi connectivity index (χ4n) is 8.15. The molecule has 4 heterocycles. The lowest BCUT2D eigenvalue weighted by molar-refractivity contribution is -0.145. The highest BCUT2D eigenvalue weighted by Crippen LogP contribution is 2.59. The number of likely N-dealkylation sites (tertiary alicyclic amines) is 1. The number of rotatable bonds is 7. The number of piperidine rings is 1. The molecule has 1 saturated carbocycles. The highest BCUT2D eigenvalue weighted by Gasteiger charge is 2.75. The molecule has 0 aromatic heterocycles. The van der Waals surface area contributed by atoms with Gasteiger partial charge in [0.15, 0.2) is 0 Å². The Bertz CT molecular complexity index is 1310. The summed E-state index contributed by atoms with van der Waals surface area (Å²) in [6, 6.07) is 16.2. The average molecular weight is 573 g/mol. The molecule has 5 aliphatic rings. The van der Waals surface area contributed by atoms with Crippen molar-refractivity contribution in [1.29, 1.82) is 0 Å². The zero-order valence-electron chi connectivity index (χ0n) is 23.9. The van der Waals surface area contributed by atoms with Crippen molar-refractivity contribution in [3.63, 3.8) is 0 Å². The van der Waals surface area contributed by atoms with Crippen LogP contribution in [0.1, 0.15) is 57.8 Å². The summed E-state index contributed by atoms with van der Waals surface area (Å²) in [5.74, 6) is -0.324. The summed E-state index contributed by atoms with van der Waals surface area (Å²) in [6.45, 7) is 1.61. The highest BCUT2D eigenvalue weighted by atomic mass is 16.5. The fraction of sp³-hybridized carbons (Fsp3) is 0.545. The molecule has 1 aliphatic carbocycles. The number of amides is 3. The maximum absolute atomic E-state index is 14.3. The second-order valence-corrected chi connectivity index (χ2v) is 12.6. The minimum Gasteiger partial charge on any atom is -0.457 e. The van der Waals surface area contributed by atoms with Gasteiger partial charge in [-0.25, -0.2) is 0 Å². The molecular weight excluding hydrogens is 532 g/mol. The summed E-state index contributed by atoms with van der Waals surface area (Å²) in [5, 5.41) is 9.72. The normalized spacial score (nSPS) is 31.1. The van der Waals surface area contributed by atoms with Gasteiger partial charge in [0.05, 0.1) is 17.9 Å². The number of benzene rings is 2. The Balaban J connectivity index is 1.12. The number of nitrogens with zero attached hydrogens (tertiary/aromatic N) is 1. The Labute approximate surface area is 246 Å². The fourth-order valence-corrected chi connectivity index (χ4v) is 8.15. The summed E-state index contributed by atoms with van der Waals surface area (Å²) in [6.07, 6.45) is 7.86. The molecule has 7 rings (SSSR count). The zero-order valence-corrected chi connectivity index (χ0v) is 23.9. The summed E-state index contributed by atoms with van der Waals surface area (Å²) >= 11 is 0. The van der Waals surface area contributed by atoms with Crippen molar-refractivity contribution in [3.8, 4) is 11.5 Å². The van der Waals surface area contributed by atoms with Crippen LogP contribution < -0.4 is 20.7 Å². The zero-order chi connectivity index (χ0) is 28.7. The van der Waals surface area contributed by atoms with Crippen LogP contribution in [0.3, 0.4) is 0 Å². The average Bonchev–Trinajstić information content (AvgIpc) is 3.67. The third-order valence-corrected chi connectivity index (χ3v) is 10.0. The topological polar surface area (TPSA) is 109 Å². The number of ether oxygens (including phenoxy) is 2. The van der Waals surface area contributed by atoms with E-state index in [2.05, 4.69) is 16.0 Å². The van der Waals surface area contributed by atoms with Gasteiger partial charge in [0.25, 0.3) is 0 Å². The molecule has 5 unspecified atom stereocenters. The summed E-state index contributed by atoms with van der Waals surface area (Å²) in [4.78, 5) is 44.0. The minimum atomic E-state index is -0.958. The smallest absolute Gasteiger partial charge is 0.246 e. The SMILES string of the molecule is O=C(Nc1ccc(Oc2ccccc2)cc1)C1C2CCC3(O2)C1C(=O)N(C1CCNCC1)C3C(=O)NC1CCCCC1. The molecule has 2 bridgehead atoms. The van der Waals surface area contributed by atoms with Gasteiger partial charge in [-0.2, -0.15) is 0 Å². The van der Waals surface area contributed by atoms with E-state index in [0.717, 1.165) is 57.4 Å². The van der Waals surface area contributed by atoms with Gasteiger partial charge in [0, 0.05) is 17.8 Å².